The van der Waals surface area contributed by atoms with Gasteiger partial charge in [-0.2, -0.15) is 0 Å². The number of ketones is 1. The third-order valence-corrected chi connectivity index (χ3v) is 4.55. The van der Waals surface area contributed by atoms with Crippen LogP contribution in [0.4, 0.5) is 0 Å². The highest BCUT2D eigenvalue weighted by Gasteiger charge is 2.40. The van der Waals surface area contributed by atoms with Crippen LogP contribution in [-0.2, 0) is 4.79 Å². The number of carbonyl (C=O) groups excluding carboxylic acids is 1. The Morgan fingerprint density at radius 1 is 1.17 bits per heavy atom. The molecule has 2 fully saturated rings. The fourth-order valence-electron chi connectivity index (χ4n) is 3.56. The summed E-state index contributed by atoms with van der Waals surface area (Å²) in [6.45, 7) is 3.40. The van der Waals surface area contributed by atoms with E-state index in [0.717, 1.165) is 19.4 Å². The van der Waals surface area contributed by atoms with Crippen molar-refractivity contribution in [1.29, 1.82) is 0 Å². The Bertz CT molecular complexity index is 412. The Morgan fingerprint density at radius 2 is 1.78 bits per heavy atom. The van der Waals surface area contributed by atoms with Crippen molar-refractivity contribution in [2.24, 2.45) is 0 Å². The Morgan fingerprint density at radius 3 is 2.39 bits per heavy atom. The molecule has 1 aromatic carbocycles. The first-order valence-electron chi connectivity index (χ1n) is 7.06. The molecule has 18 heavy (non-hydrogen) atoms. The highest BCUT2D eigenvalue weighted by molar-refractivity contribution is 5.80. The van der Waals surface area contributed by atoms with Crippen LogP contribution in [0.15, 0.2) is 30.3 Å². The molecule has 2 nitrogen and oxygen atoms in total. The van der Waals surface area contributed by atoms with Crippen molar-refractivity contribution in [3.05, 3.63) is 35.9 Å². The van der Waals surface area contributed by atoms with Crippen molar-refractivity contribution in [2.75, 3.05) is 6.54 Å². The average molecular weight is 243 g/mol. The lowest BCUT2D eigenvalue weighted by Gasteiger charge is -2.35. The van der Waals surface area contributed by atoms with Crippen LogP contribution in [0.3, 0.4) is 0 Å². The maximum Gasteiger partial charge on any atom is 0.136 e. The lowest BCUT2D eigenvalue weighted by atomic mass is 9.96. The van der Waals surface area contributed by atoms with Gasteiger partial charge in [0, 0.05) is 31.5 Å². The SMILES string of the molecule is CC(CN1C2CCC1CC(=O)C2)c1ccccc1. The molecule has 2 aliphatic rings. The predicted molar refractivity (Wildman–Crippen MR) is 72.6 cm³/mol. The van der Waals surface area contributed by atoms with Crippen LogP contribution in [-0.4, -0.2) is 29.3 Å². The third kappa shape index (κ3) is 2.22. The summed E-state index contributed by atoms with van der Waals surface area (Å²) < 4.78 is 0. The first kappa shape index (κ1) is 11.9. The quantitative estimate of drug-likeness (QED) is 0.813. The fourth-order valence-corrected chi connectivity index (χ4v) is 3.56. The second-order valence-corrected chi connectivity index (χ2v) is 5.84. The smallest absolute Gasteiger partial charge is 0.136 e. The molecule has 3 atom stereocenters. The molecule has 0 aromatic heterocycles. The summed E-state index contributed by atoms with van der Waals surface area (Å²) in [7, 11) is 0. The maximum atomic E-state index is 11.6. The second kappa shape index (κ2) is 4.85. The van der Waals surface area contributed by atoms with Gasteiger partial charge >= 0.3 is 0 Å². The average Bonchev–Trinajstić information content (AvgIpc) is 2.62. The molecule has 3 unspecified atom stereocenters. The van der Waals surface area contributed by atoms with Gasteiger partial charge in [0.1, 0.15) is 5.78 Å². The van der Waals surface area contributed by atoms with Gasteiger partial charge in [-0.25, -0.2) is 0 Å². The van der Waals surface area contributed by atoms with Crippen LogP contribution in [0.5, 0.6) is 0 Å². The van der Waals surface area contributed by atoms with Crippen molar-refractivity contribution >= 4 is 5.78 Å². The zero-order chi connectivity index (χ0) is 12.5. The number of hydrogen-bond donors (Lipinski definition) is 0. The van der Waals surface area contributed by atoms with Gasteiger partial charge in [0.2, 0.25) is 0 Å². The second-order valence-electron chi connectivity index (χ2n) is 5.84. The van der Waals surface area contributed by atoms with Crippen LogP contribution < -0.4 is 0 Å². The molecule has 96 valence electrons. The number of hydrogen-bond acceptors (Lipinski definition) is 2. The van der Waals surface area contributed by atoms with Gasteiger partial charge in [0.25, 0.3) is 0 Å². The molecule has 0 saturated carbocycles. The first-order valence-corrected chi connectivity index (χ1v) is 7.06. The van der Waals surface area contributed by atoms with E-state index in [4.69, 9.17) is 0 Å². The highest BCUT2D eigenvalue weighted by Crippen LogP contribution is 2.35. The van der Waals surface area contributed by atoms with E-state index < -0.39 is 0 Å². The Labute approximate surface area is 109 Å². The van der Waals surface area contributed by atoms with Gasteiger partial charge in [0.05, 0.1) is 0 Å². The number of Topliss-reactive ketones (excluding diaryl/α,β-unsaturated/α-hetero) is 1. The van der Waals surface area contributed by atoms with Crippen molar-refractivity contribution in [2.45, 2.75) is 50.6 Å². The Hall–Kier alpha value is -1.15. The molecular formula is C16H21NO. The fraction of sp³-hybridized carbons (Fsp3) is 0.562. The zero-order valence-electron chi connectivity index (χ0n) is 11.0. The number of nitrogens with zero attached hydrogens (tertiary/aromatic N) is 1. The normalized spacial score (nSPS) is 29.5. The van der Waals surface area contributed by atoms with E-state index >= 15 is 0 Å². The molecule has 1 aromatic rings. The van der Waals surface area contributed by atoms with Gasteiger partial charge in [0.15, 0.2) is 0 Å². The monoisotopic (exact) mass is 243 g/mol. The van der Waals surface area contributed by atoms with Crippen LogP contribution >= 0.6 is 0 Å². The van der Waals surface area contributed by atoms with E-state index in [0.29, 0.717) is 23.8 Å². The summed E-state index contributed by atoms with van der Waals surface area (Å²) in [5.74, 6) is 1.04. The Balaban J connectivity index is 1.69. The van der Waals surface area contributed by atoms with Crippen LogP contribution in [0, 0.1) is 0 Å². The molecule has 0 N–H and O–H groups in total. The third-order valence-electron chi connectivity index (χ3n) is 4.55. The Kier molecular flexibility index (Phi) is 3.21. The number of carbonyl (C=O) groups is 1. The standard InChI is InChI=1S/C16H21NO/c1-12(13-5-3-2-4-6-13)11-17-14-7-8-15(17)10-16(18)9-14/h2-6,12,14-15H,7-11H2,1H3. The van der Waals surface area contributed by atoms with Crippen molar-refractivity contribution in [1.82, 2.24) is 4.90 Å². The maximum absolute atomic E-state index is 11.6. The molecule has 2 heteroatoms. The number of rotatable bonds is 3. The molecule has 0 amide bonds. The lowest BCUT2D eigenvalue weighted by Crippen LogP contribution is -2.44. The lowest BCUT2D eigenvalue weighted by molar-refractivity contribution is -0.123. The van der Waals surface area contributed by atoms with Crippen LogP contribution in [0.1, 0.15) is 44.1 Å². The first-order chi connectivity index (χ1) is 8.74. The van der Waals surface area contributed by atoms with Gasteiger partial charge in [-0.1, -0.05) is 37.3 Å². The minimum Gasteiger partial charge on any atom is -0.300 e. The molecule has 0 radical (unpaired) electrons. The molecule has 2 aliphatic heterocycles. The summed E-state index contributed by atoms with van der Waals surface area (Å²) in [4.78, 5) is 14.2. The van der Waals surface area contributed by atoms with Crippen LogP contribution in [0.2, 0.25) is 0 Å². The van der Waals surface area contributed by atoms with Gasteiger partial charge in [-0.15, -0.1) is 0 Å². The summed E-state index contributed by atoms with van der Waals surface area (Å²) in [5.41, 5.74) is 1.41. The number of fused-ring (bicyclic) bond motifs is 2. The van der Waals surface area contributed by atoms with Gasteiger partial charge in [-0.05, 0) is 24.3 Å². The summed E-state index contributed by atoms with van der Waals surface area (Å²) >= 11 is 0. The van der Waals surface area contributed by atoms with Crippen LogP contribution in [0.25, 0.3) is 0 Å². The topological polar surface area (TPSA) is 20.3 Å². The van der Waals surface area contributed by atoms with E-state index in [1.165, 1.54) is 18.4 Å². The predicted octanol–water partition coefficient (Wildman–Crippen LogP) is 2.99. The molecule has 3 rings (SSSR count). The highest BCUT2D eigenvalue weighted by atomic mass is 16.1. The molecule has 2 bridgehead atoms. The summed E-state index contributed by atoms with van der Waals surface area (Å²) in [6.07, 6.45) is 4.02. The number of piperidine rings is 1. The largest absolute Gasteiger partial charge is 0.300 e. The summed E-state index contributed by atoms with van der Waals surface area (Å²) in [5, 5.41) is 0. The van der Waals surface area contributed by atoms with E-state index in [1.807, 2.05) is 0 Å². The zero-order valence-corrected chi connectivity index (χ0v) is 11.0. The molecule has 2 heterocycles. The van der Waals surface area contributed by atoms with E-state index in [1.54, 1.807) is 0 Å². The van der Waals surface area contributed by atoms with Crippen molar-refractivity contribution in [3.8, 4) is 0 Å². The van der Waals surface area contributed by atoms with Gasteiger partial charge < -0.3 is 0 Å². The molecule has 0 spiro atoms. The minimum atomic E-state index is 0.478. The van der Waals surface area contributed by atoms with E-state index in [9.17, 15) is 4.79 Å². The van der Waals surface area contributed by atoms with E-state index in [-0.39, 0.29) is 0 Å². The molecule has 2 saturated heterocycles. The summed E-state index contributed by atoms with van der Waals surface area (Å²) in [6, 6.07) is 11.8. The van der Waals surface area contributed by atoms with E-state index in [2.05, 4.69) is 42.2 Å². The molecule has 0 aliphatic carbocycles. The minimum absolute atomic E-state index is 0.478. The molecular weight excluding hydrogens is 222 g/mol. The van der Waals surface area contributed by atoms with Gasteiger partial charge in [-0.3, -0.25) is 9.69 Å². The van der Waals surface area contributed by atoms with Crippen molar-refractivity contribution < 1.29 is 4.79 Å². The van der Waals surface area contributed by atoms with Crippen molar-refractivity contribution in [3.63, 3.8) is 0 Å². The number of benzene rings is 1.